The molecular formula is C17H12F3NO2. The van der Waals surface area contributed by atoms with Crippen LogP contribution in [-0.2, 0) is 23.2 Å². The fourth-order valence-corrected chi connectivity index (χ4v) is 3.44. The van der Waals surface area contributed by atoms with Gasteiger partial charge in [0.1, 0.15) is 0 Å². The fraction of sp³-hybridized carbons (Fsp3) is 0.235. The van der Waals surface area contributed by atoms with Crippen LogP contribution in [0, 0.1) is 0 Å². The maximum Gasteiger partial charge on any atom is 0.430 e. The molecule has 0 aliphatic carbocycles. The molecule has 2 heterocycles. The zero-order chi connectivity index (χ0) is 16.4. The topological polar surface area (TPSA) is 40.5 Å². The smallest absolute Gasteiger partial charge is 0.368 e. The molecule has 0 saturated heterocycles. The van der Waals surface area contributed by atoms with E-state index in [-0.39, 0.29) is 11.3 Å². The van der Waals surface area contributed by atoms with Gasteiger partial charge >= 0.3 is 6.18 Å². The number of fused-ring (bicyclic) bond motifs is 2. The van der Waals surface area contributed by atoms with Crippen LogP contribution >= 0.6 is 0 Å². The Bertz CT molecular complexity index is 831. The van der Waals surface area contributed by atoms with Crippen LogP contribution in [0.2, 0.25) is 0 Å². The second-order valence-electron chi connectivity index (χ2n) is 5.79. The predicted molar refractivity (Wildman–Crippen MR) is 77.4 cm³/mol. The fourth-order valence-electron chi connectivity index (χ4n) is 3.44. The number of rotatable bonds is 0. The van der Waals surface area contributed by atoms with Gasteiger partial charge in [-0.25, -0.2) is 0 Å². The second-order valence-corrected chi connectivity index (χ2v) is 5.79. The summed E-state index contributed by atoms with van der Waals surface area (Å²) >= 11 is 0. The van der Waals surface area contributed by atoms with E-state index in [0.717, 1.165) is 10.5 Å². The first kappa shape index (κ1) is 14.3. The number of para-hydroxylation sites is 2. The highest BCUT2D eigenvalue weighted by atomic mass is 19.4. The number of carbonyl (C=O) groups excluding carboxylic acids is 1. The van der Waals surface area contributed by atoms with Crippen molar-refractivity contribution in [3.63, 3.8) is 0 Å². The van der Waals surface area contributed by atoms with Gasteiger partial charge in [0.05, 0.1) is 11.4 Å². The van der Waals surface area contributed by atoms with Crippen molar-refractivity contribution in [2.75, 3.05) is 4.90 Å². The standard InChI is InChI=1S/C17H12F3NO2/c18-17(19,20)16(23)12-6-3-5-11-9-8-10-4-1-2-7-13(10)21(14(11)12)15(16)22/h1-7,23H,8-9H2/t16-/m0/s1. The maximum atomic E-state index is 13.5. The molecule has 2 aromatic rings. The van der Waals surface area contributed by atoms with E-state index in [1.807, 2.05) is 0 Å². The molecule has 0 bridgehead atoms. The minimum atomic E-state index is -5.08. The van der Waals surface area contributed by atoms with Crippen LogP contribution in [-0.4, -0.2) is 17.2 Å². The number of hydrogen-bond acceptors (Lipinski definition) is 2. The van der Waals surface area contributed by atoms with E-state index in [2.05, 4.69) is 0 Å². The van der Waals surface area contributed by atoms with Gasteiger partial charge in [0.2, 0.25) is 0 Å². The summed E-state index contributed by atoms with van der Waals surface area (Å²) in [6, 6.07) is 11.2. The Morgan fingerprint density at radius 3 is 2.39 bits per heavy atom. The number of carbonyl (C=O) groups is 1. The number of anilines is 2. The number of alkyl halides is 3. The minimum Gasteiger partial charge on any atom is -0.368 e. The van der Waals surface area contributed by atoms with Gasteiger partial charge < -0.3 is 5.11 Å². The van der Waals surface area contributed by atoms with Gasteiger partial charge in [-0.1, -0.05) is 36.4 Å². The molecule has 0 spiro atoms. The zero-order valence-corrected chi connectivity index (χ0v) is 11.9. The van der Waals surface area contributed by atoms with Crippen LogP contribution in [0.1, 0.15) is 16.7 Å². The van der Waals surface area contributed by atoms with Gasteiger partial charge in [0.15, 0.2) is 0 Å². The Balaban J connectivity index is 2.07. The molecule has 1 N–H and O–H groups in total. The van der Waals surface area contributed by atoms with Gasteiger partial charge in [-0.3, -0.25) is 9.69 Å². The average molecular weight is 319 g/mol. The van der Waals surface area contributed by atoms with Crippen molar-refractivity contribution >= 4 is 17.3 Å². The van der Waals surface area contributed by atoms with E-state index in [4.69, 9.17) is 0 Å². The van der Waals surface area contributed by atoms with E-state index in [0.29, 0.717) is 24.1 Å². The number of aryl methyl sites for hydroxylation is 2. The van der Waals surface area contributed by atoms with E-state index in [1.165, 1.54) is 12.1 Å². The normalized spacial score (nSPS) is 22.6. The summed E-state index contributed by atoms with van der Waals surface area (Å²) in [5.74, 6) is -1.36. The van der Waals surface area contributed by atoms with Gasteiger partial charge in [-0.15, -0.1) is 0 Å². The molecule has 0 unspecified atom stereocenters. The largest absolute Gasteiger partial charge is 0.430 e. The predicted octanol–water partition coefficient (Wildman–Crippen LogP) is 3.21. The number of benzene rings is 2. The molecule has 2 aromatic carbocycles. The van der Waals surface area contributed by atoms with Crippen LogP contribution < -0.4 is 4.90 Å². The summed E-state index contributed by atoms with van der Waals surface area (Å²) in [5.41, 5.74) is -1.89. The van der Waals surface area contributed by atoms with Crippen LogP contribution in [0.3, 0.4) is 0 Å². The number of aliphatic hydroxyl groups is 1. The lowest BCUT2D eigenvalue weighted by Crippen LogP contribution is -2.49. The monoisotopic (exact) mass is 319 g/mol. The number of halogens is 3. The Hall–Kier alpha value is -2.34. The quantitative estimate of drug-likeness (QED) is 0.810. The molecule has 6 heteroatoms. The van der Waals surface area contributed by atoms with Gasteiger partial charge in [-0.2, -0.15) is 13.2 Å². The summed E-state index contributed by atoms with van der Waals surface area (Å²) in [4.78, 5) is 13.6. The SMILES string of the molecule is O=C1N2c3ccccc3CCc3cccc(c32)[C@@]1(O)C(F)(F)F. The Morgan fingerprint density at radius 2 is 1.65 bits per heavy atom. The lowest BCUT2D eigenvalue weighted by atomic mass is 9.92. The molecular weight excluding hydrogens is 307 g/mol. The molecule has 1 atom stereocenters. The van der Waals surface area contributed by atoms with Crippen LogP contribution in [0.15, 0.2) is 42.5 Å². The molecule has 118 valence electrons. The minimum absolute atomic E-state index is 0.169. The highest BCUT2D eigenvalue weighted by Crippen LogP contribution is 2.54. The number of hydrogen-bond donors (Lipinski definition) is 1. The average Bonchev–Trinajstić information content (AvgIpc) is 2.67. The first-order chi connectivity index (χ1) is 10.9. The second kappa shape index (κ2) is 4.35. The maximum absolute atomic E-state index is 13.5. The molecule has 0 radical (unpaired) electrons. The van der Waals surface area contributed by atoms with E-state index < -0.39 is 17.7 Å². The molecule has 4 rings (SSSR count). The molecule has 1 amide bonds. The highest BCUT2D eigenvalue weighted by Gasteiger charge is 2.67. The summed E-state index contributed by atoms with van der Waals surface area (Å²) in [5, 5.41) is 10.3. The lowest BCUT2D eigenvalue weighted by molar-refractivity contribution is -0.253. The lowest BCUT2D eigenvalue weighted by Gasteiger charge is -2.26. The van der Waals surface area contributed by atoms with Crippen LogP contribution in [0.4, 0.5) is 24.5 Å². The summed E-state index contributed by atoms with van der Waals surface area (Å²) in [6.07, 6.45) is -3.95. The Kier molecular flexibility index (Phi) is 2.70. The molecule has 0 saturated carbocycles. The van der Waals surface area contributed by atoms with Crippen molar-refractivity contribution in [2.45, 2.75) is 24.6 Å². The van der Waals surface area contributed by atoms with Crippen LogP contribution in [0.5, 0.6) is 0 Å². The van der Waals surface area contributed by atoms with Crippen molar-refractivity contribution in [1.82, 2.24) is 0 Å². The summed E-state index contributed by atoms with van der Waals surface area (Å²) in [6.45, 7) is 0. The van der Waals surface area contributed by atoms with Crippen molar-refractivity contribution in [2.24, 2.45) is 0 Å². The highest BCUT2D eigenvalue weighted by molar-refractivity contribution is 6.13. The third-order valence-electron chi connectivity index (χ3n) is 4.55. The summed E-state index contributed by atoms with van der Waals surface area (Å²) < 4.78 is 40.5. The molecule has 2 aliphatic heterocycles. The van der Waals surface area contributed by atoms with E-state index >= 15 is 0 Å². The molecule has 0 fully saturated rings. The Labute approximate surface area is 130 Å². The van der Waals surface area contributed by atoms with Crippen molar-refractivity contribution in [1.29, 1.82) is 0 Å². The first-order valence-corrected chi connectivity index (χ1v) is 7.19. The third-order valence-corrected chi connectivity index (χ3v) is 4.55. The number of amides is 1. The molecule has 2 aliphatic rings. The summed E-state index contributed by atoms with van der Waals surface area (Å²) in [7, 11) is 0. The van der Waals surface area contributed by atoms with E-state index in [9.17, 15) is 23.1 Å². The van der Waals surface area contributed by atoms with Crippen molar-refractivity contribution in [3.8, 4) is 0 Å². The van der Waals surface area contributed by atoms with Gasteiger partial charge in [-0.05, 0) is 30.0 Å². The van der Waals surface area contributed by atoms with Gasteiger partial charge in [0, 0.05) is 5.56 Å². The van der Waals surface area contributed by atoms with Crippen LogP contribution in [0.25, 0.3) is 0 Å². The van der Waals surface area contributed by atoms with Gasteiger partial charge in [0.25, 0.3) is 11.5 Å². The third kappa shape index (κ3) is 1.67. The van der Waals surface area contributed by atoms with E-state index in [1.54, 1.807) is 30.3 Å². The van der Waals surface area contributed by atoms with Crippen molar-refractivity contribution < 1.29 is 23.1 Å². The zero-order valence-electron chi connectivity index (χ0n) is 11.9. The molecule has 23 heavy (non-hydrogen) atoms. The molecule has 3 nitrogen and oxygen atoms in total. The first-order valence-electron chi connectivity index (χ1n) is 7.19. The Morgan fingerprint density at radius 1 is 1.00 bits per heavy atom. The van der Waals surface area contributed by atoms with Crippen molar-refractivity contribution in [3.05, 3.63) is 59.2 Å². The number of nitrogens with zero attached hydrogens (tertiary/aromatic N) is 1. The molecule has 0 aromatic heterocycles.